The van der Waals surface area contributed by atoms with E-state index in [9.17, 15) is 0 Å². The summed E-state index contributed by atoms with van der Waals surface area (Å²) in [6.45, 7) is 2.13. The van der Waals surface area contributed by atoms with Crippen LogP contribution in [0.3, 0.4) is 0 Å². The van der Waals surface area contributed by atoms with Gasteiger partial charge in [0.1, 0.15) is 0 Å². The molecule has 102 valence electrons. The predicted molar refractivity (Wildman–Crippen MR) is 91.8 cm³/mol. The molecule has 0 nitrogen and oxygen atoms in total. The number of hydrogen-bond donors (Lipinski definition) is 0. The minimum atomic E-state index is 0.623. The fourth-order valence-corrected chi connectivity index (χ4v) is 2.97. The van der Waals surface area contributed by atoms with Crippen molar-refractivity contribution in [2.24, 2.45) is 0 Å². The standard InChI is InChI=1S/C19H21P/c1-14-2-7-17(8-3-14)18-9-4-16(13-18)12-15-5-10-19(20)11-6-15/h2-3,5-10,13,19H,4,11-12,20H2,1H3. The molecule has 2 aliphatic rings. The van der Waals surface area contributed by atoms with Gasteiger partial charge in [0.2, 0.25) is 0 Å². The summed E-state index contributed by atoms with van der Waals surface area (Å²) < 4.78 is 0. The number of benzene rings is 1. The monoisotopic (exact) mass is 280 g/mol. The van der Waals surface area contributed by atoms with E-state index in [0.717, 1.165) is 19.3 Å². The van der Waals surface area contributed by atoms with Crippen LogP contribution in [0.15, 0.2) is 65.8 Å². The van der Waals surface area contributed by atoms with Gasteiger partial charge in [0, 0.05) is 0 Å². The van der Waals surface area contributed by atoms with Crippen molar-refractivity contribution in [3.05, 3.63) is 76.9 Å². The normalized spacial score (nSPS) is 21.5. The second kappa shape index (κ2) is 5.94. The molecule has 1 heteroatoms. The van der Waals surface area contributed by atoms with Gasteiger partial charge in [-0.3, -0.25) is 0 Å². The largest absolute Gasteiger partial charge is 0.130 e. The predicted octanol–water partition coefficient (Wildman–Crippen LogP) is 5.23. The van der Waals surface area contributed by atoms with E-state index in [0.29, 0.717) is 5.66 Å². The third-order valence-electron chi connectivity index (χ3n) is 3.97. The summed E-state index contributed by atoms with van der Waals surface area (Å²) >= 11 is 0. The van der Waals surface area contributed by atoms with E-state index in [2.05, 4.69) is 70.8 Å². The van der Waals surface area contributed by atoms with Crippen LogP contribution in [0.4, 0.5) is 0 Å². The fourth-order valence-electron chi connectivity index (χ4n) is 2.72. The number of rotatable bonds is 3. The molecule has 20 heavy (non-hydrogen) atoms. The lowest BCUT2D eigenvalue weighted by Crippen LogP contribution is -1.97. The Morgan fingerprint density at radius 1 is 1.15 bits per heavy atom. The van der Waals surface area contributed by atoms with Crippen molar-refractivity contribution in [1.82, 2.24) is 0 Å². The molecule has 2 unspecified atom stereocenters. The lowest BCUT2D eigenvalue weighted by molar-refractivity contribution is 0.994. The highest BCUT2D eigenvalue weighted by Gasteiger charge is 2.11. The topological polar surface area (TPSA) is 0 Å². The van der Waals surface area contributed by atoms with Crippen LogP contribution in [0, 0.1) is 6.92 Å². The van der Waals surface area contributed by atoms with E-state index in [1.165, 1.54) is 27.8 Å². The van der Waals surface area contributed by atoms with Gasteiger partial charge in [-0.1, -0.05) is 65.8 Å². The van der Waals surface area contributed by atoms with Crippen molar-refractivity contribution in [2.75, 3.05) is 0 Å². The molecule has 0 N–H and O–H groups in total. The molecule has 3 rings (SSSR count). The third kappa shape index (κ3) is 3.19. The summed E-state index contributed by atoms with van der Waals surface area (Å²) in [5, 5.41) is 0. The second-order valence-electron chi connectivity index (χ2n) is 5.75. The van der Waals surface area contributed by atoms with Gasteiger partial charge in [0.25, 0.3) is 0 Å². The van der Waals surface area contributed by atoms with Crippen molar-refractivity contribution >= 4 is 14.8 Å². The molecule has 2 aliphatic carbocycles. The minimum Gasteiger partial charge on any atom is -0.130 e. The fraction of sp³-hybridized carbons (Fsp3) is 0.263. The Morgan fingerprint density at radius 2 is 1.95 bits per heavy atom. The molecule has 0 spiro atoms. The average Bonchev–Trinajstić information content (AvgIpc) is 2.91. The Kier molecular flexibility index (Phi) is 4.03. The molecule has 2 atom stereocenters. The van der Waals surface area contributed by atoms with Crippen LogP contribution in [0.5, 0.6) is 0 Å². The zero-order valence-electron chi connectivity index (χ0n) is 12.0. The molecule has 1 aromatic rings. The molecule has 0 aromatic heterocycles. The van der Waals surface area contributed by atoms with Crippen molar-refractivity contribution in [3.63, 3.8) is 0 Å². The quantitative estimate of drug-likeness (QED) is 0.665. The van der Waals surface area contributed by atoms with Crippen LogP contribution >= 0.6 is 9.24 Å². The first kappa shape index (κ1) is 13.6. The van der Waals surface area contributed by atoms with Gasteiger partial charge in [-0.2, -0.15) is 0 Å². The summed E-state index contributed by atoms with van der Waals surface area (Å²) in [5.74, 6) is 0. The van der Waals surface area contributed by atoms with E-state index in [-0.39, 0.29) is 0 Å². The molecule has 0 fully saturated rings. The molecular weight excluding hydrogens is 259 g/mol. The Labute approximate surface area is 124 Å². The van der Waals surface area contributed by atoms with E-state index in [4.69, 9.17) is 0 Å². The highest BCUT2D eigenvalue weighted by atomic mass is 31.0. The lowest BCUT2D eigenvalue weighted by Gasteiger charge is -2.12. The molecule has 1 aromatic carbocycles. The zero-order valence-corrected chi connectivity index (χ0v) is 13.1. The van der Waals surface area contributed by atoms with Gasteiger partial charge >= 0.3 is 0 Å². The first-order chi connectivity index (χ1) is 9.70. The maximum Gasteiger partial charge on any atom is -0.00479 e. The Hall–Kier alpha value is -1.39. The zero-order chi connectivity index (χ0) is 13.9. The smallest absolute Gasteiger partial charge is 0.00479 e. The maximum atomic E-state index is 2.87. The molecule has 0 saturated heterocycles. The van der Waals surface area contributed by atoms with E-state index in [1.807, 2.05) is 0 Å². The number of hydrogen-bond acceptors (Lipinski definition) is 0. The molecule has 0 bridgehead atoms. The summed E-state index contributed by atoms with van der Waals surface area (Å²) in [4.78, 5) is 0. The van der Waals surface area contributed by atoms with E-state index < -0.39 is 0 Å². The highest BCUT2D eigenvalue weighted by molar-refractivity contribution is 7.17. The van der Waals surface area contributed by atoms with Crippen molar-refractivity contribution in [1.29, 1.82) is 0 Å². The first-order valence-electron chi connectivity index (χ1n) is 7.30. The SMILES string of the molecule is Cc1ccc(C2=CCC(CC3=CCC(P)C=C3)=C2)cc1. The van der Waals surface area contributed by atoms with Crippen molar-refractivity contribution in [2.45, 2.75) is 31.8 Å². The third-order valence-corrected chi connectivity index (χ3v) is 4.46. The molecule has 0 aliphatic heterocycles. The summed E-state index contributed by atoms with van der Waals surface area (Å²) in [6, 6.07) is 8.82. The van der Waals surface area contributed by atoms with Crippen molar-refractivity contribution in [3.8, 4) is 0 Å². The number of aryl methyl sites for hydroxylation is 1. The summed E-state index contributed by atoms with van der Waals surface area (Å²) in [6.07, 6.45) is 15.0. The van der Waals surface area contributed by atoms with Crippen LogP contribution in [0.25, 0.3) is 5.57 Å². The van der Waals surface area contributed by atoms with Crippen LogP contribution in [-0.2, 0) is 0 Å². The van der Waals surface area contributed by atoms with Crippen LogP contribution < -0.4 is 0 Å². The Balaban J connectivity index is 1.68. The van der Waals surface area contributed by atoms with Crippen LogP contribution in [0.2, 0.25) is 0 Å². The van der Waals surface area contributed by atoms with Crippen molar-refractivity contribution < 1.29 is 0 Å². The molecule has 0 radical (unpaired) electrons. The second-order valence-corrected chi connectivity index (χ2v) is 6.60. The van der Waals surface area contributed by atoms with E-state index >= 15 is 0 Å². The molecular formula is C19H21P. The maximum absolute atomic E-state index is 2.87. The lowest BCUT2D eigenvalue weighted by atomic mass is 9.98. The molecule has 0 heterocycles. The van der Waals surface area contributed by atoms with Gasteiger partial charge in [-0.25, -0.2) is 0 Å². The van der Waals surface area contributed by atoms with Gasteiger partial charge in [0.05, 0.1) is 0 Å². The van der Waals surface area contributed by atoms with Gasteiger partial charge in [-0.05, 0) is 48.6 Å². The summed E-state index contributed by atoms with van der Waals surface area (Å²) in [7, 11) is 2.87. The molecule has 0 saturated carbocycles. The first-order valence-corrected chi connectivity index (χ1v) is 7.97. The Morgan fingerprint density at radius 3 is 2.65 bits per heavy atom. The molecule has 0 amide bonds. The van der Waals surface area contributed by atoms with Crippen LogP contribution in [0.1, 0.15) is 30.4 Å². The number of allylic oxidation sites excluding steroid dienone is 8. The Bertz CT molecular complexity index is 612. The minimum absolute atomic E-state index is 0.623. The van der Waals surface area contributed by atoms with E-state index in [1.54, 1.807) is 0 Å². The van der Waals surface area contributed by atoms with Gasteiger partial charge in [-0.15, -0.1) is 9.24 Å². The van der Waals surface area contributed by atoms with Crippen LogP contribution in [-0.4, -0.2) is 5.66 Å². The van der Waals surface area contributed by atoms with Gasteiger partial charge in [0.15, 0.2) is 0 Å². The highest BCUT2D eigenvalue weighted by Crippen LogP contribution is 2.31. The average molecular weight is 280 g/mol. The summed E-state index contributed by atoms with van der Waals surface area (Å²) in [5.41, 5.74) is 7.65. The van der Waals surface area contributed by atoms with Gasteiger partial charge < -0.3 is 0 Å².